The summed E-state index contributed by atoms with van der Waals surface area (Å²) in [6.45, 7) is 0.133. The van der Waals surface area contributed by atoms with Crippen LogP contribution in [0.3, 0.4) is 0 Å². The van der Waals surface area contributed by atoms with Crippen molar-refractivity contribution in [3.8, 4) is 5.75 Å². The molecule has 1 aromatic rings. The molecule has 6 heteroatoms. The molecule has 2 rings (SSSR count). The quantitative estimate of drug-likeness (QED) is 0.787. The first kappa shape index (κ1) is 15.5. The third-order valence-electron chi connectivity index (χ3n) is 3.12. The van der Waals surface area contributed by atoms with Crippen molar-refractivity contribution in [3.05, 3.63) is 28.3 Å². The molecule has 1 atom stereocenters. The van der Waals surface area contributed by atoms with Crippen LogP contribution < -0.4 is 4.74 Å². The van der Waals surface area contributed by atoms with Gasteiger partial charge in [-0.1, -0.05) is 11.6 Å². The van der Waals surface area contributed by atoms with Gasteiger partial charge in [0.15, 0.2) is 0 Å². The Bertz CT molecular complexity index is 454. The zero-order valence-corrected chi connectivity index (χ0v) is 11.7. The summed E-state index contributed by atoms with van der Waals surface area (Å²) in [5, 5.41) is 10.5. The van der Waals surface area contributed by atoms with Crippen LogP contribution >= 0.6 is 11.6 Å². The molecule has 0 radical (unpaired) electrons. The standard InChI is InChI=1S/C14H17ClF2O3/c15-11-5-9-1-4-20-14(9)10(6-11)7-12(18)2-3-19-8-13(16)17/h5-6,12-13,18H,1-4,7-8H2. The SMILES string of the molecule is OC(CCOCC(F)F)Cc1cc(Cl)cc2c1OCC2. The van der Waals surface area contributed by atoms with Gasteiger partial charge >= 0.3 is 0 Å². The van der Waals surface area contributed by atoms with Crippen molar-refractivity contribution in [2.45, 2.75) is 31.8 Å². The lowest BCUT2D eigenvalue weighted by Crippen LogP contribution is -2.15. The molecular weight excluding hydrogens is 290 g/mol. The second-order valence-corrected chi connectivity index (χ2v) is 5.20. The normalized spacial score (nSPS) is 15.2. The van der Waals surface area contributed by atoms with E-state index in [1.165, 1.54) is 0 Å². The minimum absolute atomic E-state index is 0.106. The van der Waals surface area contributed by atoms with Crippen LogP contribution in [0.15, 0.2) is 12.1 Å². The van der Waals surface area contributed by atoms with E-state index >= 15 is 0 Å². The Hall–Kier alpha value is -0.910. The molecule has 0 aromatic heterocycles. The summed E-state index contributed by atoms with van der Waals surface area (Å²) in [5.74, 6) is 0.793. The average Bonchev–Trinajstić information content (AvgIpc) is 2.82. The number of halogens is 3. The van der Waals surface area contributed by atoms with E-state index < -0.39 is 19.1 Å². The Labute approximate surface area is 121 Å². The maximum Gasteiger partial charge on any atom is 0.261 e. The summed E-state index contributed by atoms with van der Waals surface area (Å²) in [6.07, 6.45) is -1.65. The van der Waals surface area contributed by atoms with Gasteiger partial charge in [-0.25, -0.2) is 8.78 Å². The number of rotatable bonds is 7. The molecule has 0 saturated carbocycles. The predicted octanol–water partition coefficient (Wildman–Crippen LogP) is 2.85. The van der Waals surface area contributed by atoms with E-state index in [-0.39, 0.29) is 6.61 Å². The fourth-order valence-electron chi connectivity index (χ4n) is 2.25. The molecule has 1 aromatic carbocycles. The molecule has 1 aliphatic heterocycles. The Kier molecular flexibility index (Phi) is 5.57. The molecule has 112 valence electrons. The van der Waals surface area contributed by atoms with Crippen molar-refractivity contribution in [1.29, 1.82) is 0 Å². The summed E-state index contributed by atoms with van der Waals surface area (Å²) in [4.78, 5) is 0. The van der Waals surface area contributed by atoms with Gasteiger partial charge in [-0.05, 0) is 29.7 Å². The number of benzene rings is 1. The van der Waals surface area contributed by atoms with E-state index in [2.05, 4.69) is 0 Å². The first-order valence-electron chi connectivity index (χ1n) is 6.54. The number of alkyl halides is 2. The van der Waals surface area contributed by atoms with Gasteiger partial charge in [-0.3, -0.25) is 0 Å². The van der Waals surface area contributed by atoms with Crippen LogP contribution in [0, 0.1) is 0 Å². The monoisotopic (exact) mass is 306 g/mol. The van der Waals surface area contributed by atoms with Gasteiger partial charge in [-0.2, -0.15) is 0 Å². The van der Waals surface area contributed by atoms with E-state index in [1.54, 1.807) is 6.07 Å². The van der Waals surface area contributed by atoms with Crippen LogP contribution in [0.2, 0.25) is 5.02 Å². The molecule has 3 nitrogen and oxygen atoms in total. The Morgan fingerprint density at radius 1 is 1.40 bits per heavy atom. The molecule has 1 aliphatic rings. The molecule has 20 heavy (non-hydrogen) atoms. The van der Waals surface area contributed by atoms with Crippen molar-refractivity contribution in [2.75, 3.05) is 19.8 Å². The minimum atomic E-state index is -2.48. The van der Waals surface area contributed by atoms with Gasteiger partial charge in [0.05, 0.1) is 12.7 Å². The third-order valence-corrected chi connectivity index (χ3v) is 3.34. The summed E-state index contributed by atoms with van der Waals surface area (Å²) in [6, 6.07) is 3.64. The lowest BCUT2D eigenvalue weighted by atomic mass is 10.0. The number of aliphatic hydroxyl groups is 1. The number of fused-ring (bicyclic) bond motifs is 1. The number of ether oxygens (including phenoxy) is 2. The molecule has 0 spiro atoms. The highest BCUT2D eigenvalue weighted by Gasteiger charge is 2.19. The van der Waals surface area contributed by atoms with Crippen LogP contribution in [0.25, 0.3) is 0 Å². The summed E-state index contributed by atoms with van der Waals surface area (Å²) in [5.41, 5.74) is 1.90. The Morgan fingerprint density at radius 3 is 2.95 bits per heavy atom. The highest BCUT2D eigenvalue weighted by atomic mass is 35.5. The first-order chi connectivity index (χ1) is 9.56. The highest BCUT2D eigenvalue weighted by Crippen LogP contribution is 2.33. The van der Waals surface area contributed by atoms with Crippen LogP contribution in [-0.2, 0) is 17.6 Å². The van der Waals surface area contributed by atoms with Crippen LogP contribution in [0.4, 0.5) is 8.78 Å². The van der Waals surface area contributed by atoms with Gasteiger partial charge < -0.3 is 14.6 Å². The van der Waals surface area contributed by atoms with Crippen molar-refractivity contribution >= 4 is 11.6 Å². The number of hydrogen-bond acceptors (Lipinski definition) is 3. The van der Waals surface area contributed by atoms with Gasteiger partial charge in [0, 0.05) is 24.5 Å². The van der Waals surface area contributed by atoms with E-state index in [4.69, 9.17) is 21.1 Å². The predicted molar refractivity (Wildman–Crippen MR) is 71.8 cm³/mol. The van der Waals surface area contributed by atoms with Gasteiger partial charge in [0.2, 0.25) is 0 Å². The Balaban J connectivity index is 1.87. The lowest BCUT2D eigenvalue weighted by molar-refractivity contribution is 0.00508. The van der Waals surface area contributed by atoms with E-state index in [0.29, 0.717) is 24.5 Å². The lowest BCUT2D eigenvalue weighted by Gasteiger charge is -2.14. The molecule has 1 unspecified atom stereocenters. The molecule has 0 aliphatic carbocycles. The van der Waals surface area contributed by atoms with Gasteiger partial charge in [-0.15, -0.1) is 0 Å². The van der Waals surface area contributed by atoms with Crippen molar-refractivity contribution in [1.82, 2.24) is 0 Å². The van der Waals surface area contributed by atoms with Crippen molar-refractivity contribution < 1.29 is 23.4 Å². The molecule has 0 amide bonds. The molecule has 0 fully saturated rings. The van der Waals surface area contributed by atoms with Crippen molar-refractivity contribution in [2.24, 2.45) is 0 Å². The molecular formula is C14H17ClF2O3. The summed E-state index contributed by atoms with van der Waals surface area (Å²) < 4.78 is 34.1. The Morgan fingerprint density at radius 2 is 2.20 bits per heavy atom. The topological polar surface area (TPSA) is 38.7 Å². The molecule has 1 heterocycles. The average molecular weight is 307 g/mol. The van der Waals surface area contributed by atoms with Crippen molar-refractivity contribution in [3.63, 3.8) is 0 Å². The van der Waals surface area contributed by atoms with Crippen LogP contribution in [0.5, 0.6) is 5.75 Å². The van der Waals surface area contributed by atoms with Crippen LogP contribution in [-0.4, -0.2) is 37.5 Å². The fraction of sp³-hybridized carbons (Fsp3) is 0.571. The number of aliphatic hydroxyl groups excluding tert-OH is 1. The second kappa shape index (κ2) is 7.20. The highest BCUT2D eigenvalue weighted by molar-refractivity contribution is 6.30. The maximum absolute atomic E-state index is 11.9. The zero-order chi connectivity index (χ0) is 14.5. The fourth-order valence-corrected chi connectivity index (χ4v) is 2.51. The second-order valence-electron chi connectivity index (χ2n) is 4.76. The molecule has 1 N–H and O–H groups in total. The van der Waals surface area contributed by atoms with Gasteiger partial charge in [0.1, 0.15) is 12.4 Å². The summed E-state index contributed by atoms with van der Waals surface area (Å²) >= 11 is 6.03. The minimum Gasteiger partial charge on any atom is -0.493 e. The first-order valence-corrected chi connectivity index (χ1v) is 6.92. The summed E-state index contributed by atoms with van der Waals surface area (Å²) in [7, 11) is 0. The third kappa shape index (κ3) is 4.30. The molecule has 0 bridgehead atoms. The van der Waals surface area contributed by atoms with Gasteiger partial charge in [0.25, 0.3) is 6.43 Å². The smallest absolute Gasteiger partial charge is 0.261 e. The van der Waals surface area contributed by atoms with E-state index in [1.807, 2.05) is 6.07 Å². The van der Waals surface area contributed by atoms with E-state index in [9.17, 15) is 13.9 Å². The van der Waals surface area contributed by atoms with E-state index in [0.717, 1.165) is 23.3 Å². The zero-order valence-electron chi connectivity index (χ0n) is 10.9. The van der Waals surface area contributed by atoms with Crippen LogP contribution in [0.1, 0.15) is 17.5 Å². The molecule has 0 saturated heterocycles. The number of hydrogen-bond donors (Lipinski definition) is 1. The largest absolute Gasteiger partial charge is 0.493 e. The maximum atomic E-state index is 11.9.